The van der Waals surface area contributed by atoms with Crippen molar-refractivity contribution in [3.63, 3.8) is 0 Å². The van der Waals surface area contributed by atoms with E-state index in [1.165, 1.54) is 11.1 Å². The van der Waals surface area contributed by atoms with Crippen LogP contribution in [0, 0.1) is 23.7 Å². The summed E-state index contributed by atoms with van der Waals surface area (Å²) in [5.41, 5.74) is 2.87. The van der Waals surface area contributed by atoms with Crippen LogP contribution in [0.25, 0.3) is 0 Å². The number of hydrogen-bond donors (Lipinski definition) is 1. The van der Waals surface area contributed by atoms with Crippen LogP contribution in [0.4, 0.5) is 0 Å². The maximum absolute atomic E-state index is 12.6. The van der Waals surface area contributed by atoms with E-state index in [9.17, 15) is 13.5 Å². The Bertz CT molecular complexity index is 1070. The lowest BCUT2D eigenvalue weighted by atomic mass is 9.46. The van der Waals surface area contributed by atoms with Crippen molar-refractivity contribution in [2.24, 2.45) is 23.7 Å². The Morgan fingerprint density at radius 1 is 1.21 bits per heavy atom. The summed E-state index contributed by atoms with van der Waals surface area (Å²) >= 11 is 0. The molecule has 1 aromatic carbocycles. The maximum Gasteiger partial charge on any atom is 0.216 e. The second-order valence-corrected chi connectivity index (χ2v) is 14.6. The molecule has 0 bridgehead atoms. The van der Waals surface area contributed by atoms with Crippen molar-refractivity contribution in [3.05, 3.63) is 29.3 Å². The van der Waals surface area contributed by atoms with Crippen LogP contribution >= 0.6 is 0 Å². The van der Waals surface area contributed by atoms with Gasteiger partial charge in [0.15, 0.2) is 0 Å². The zero-order valence-corrected chi connectivity index (χ0v) is 21.4. The minimum absolute atomic E-state index is 0.0595. The minimum atomic E-state index is -3.15. The third kappa shape index (κ3) is 2.79. The molecule has 0 radical (unpaired) electrons. The third-order valence-electron chi connectivity index (χ3n) is 10.4. The van der Waals surface area contributed by atoms with Gasteiger partial charge >= 0.3 is 0 Å². The van der Waals surface area contributed by atoms with Gasteiger partial charge in [-0.3, -0.25) is 4.90 Å². The topological polar surface area (TPSA) is 64.1 Å². The molecule has 0 aromatic heterocycles. The summed E-state index contributed by atoms with van der Waals surface area (Å²) in [6.07, 6.45) is 3.03. The first-order valence-corrected chi connectivity index (χ1v) is 14.3. The molecule has 2 heterocycles. The molecule has 2 aliphatic heterocycles. The largest absolute Gasteiger partial charge is 0.508 e. The highest BCUT2D eigenvalue weighted by molar-refractivity contribution is 7.89. The lowest BCUT2D eigenvalue weighted by molar-refractivity contribution is -0.175. The molecule has 2 saturated carbocycles. The van der Waals surface area contributed by atoms with E-state index in [1.54, 1.807) is 18.2 Å². The number of nitrogens with zero attached hydrogens (tertiary/aromatic N) is 3. The van der Waals surface area contributed by atoms with Gasteiger partial charge < -0.3 is 10.0 Å². The van der Waals surface area contributed by atoms with Gasteiger partial charge in [-0.2, -0.15) is 0 Å². The summed E-state index contributed by atoms with van der Waals surface area (Å²) in [4.78, 5) is 5.27. The summed E-state index contributed by atoms with van der Waals surface area (Å²) in [6.45, 7) is 8.35. The molecule has 33 heavy (non-hydrogen) atoms. The number of hydrogen-bond acceptors (Lipinski definition) is 5. The number of piperidine rings is 2. The van der Waals surface area contributed by atoms with Crippen molar-refractivity contribution in [2.75, 3.05) is 33.7 Å². The van der Waals surface area contributed by atoms with E-state index in [-0.39, 0.29) is 10.7 Å². The van der Waals surface area contributed by atoms with E-state index in [0.717, 1.165) is 43.7 Å². The number of phenols is 1. The van der Waals surface area contributed by atoms with E-state index in [2.05, 4.69) is 43.0 Å². The van der Waals surface area contributed by atoms with Gasteiger partial charge in [-0.05, 0) is 94.1 Å². The fourth-order valence-electron chi connectivity index (χ4n) is 9.00. The van der Waals surface area contributed by atoms with Gasteiger partial charge in [0.25, 0.3) is 0 Å². The summed E-state index contributed by atoms with van der Waals surface area (Å²) in [5.74, 6) is 3.15. The third-order valence-corrected chi connectivity index (χ3v) is 12.6. The summed E-state index contributed by atoms with van der Waals surface area (Å²) in [5, 5.41) is 10.0. The first kappa shape index (κ1) is 22.3. The first-order chi connectivity index (χ1) is 15.6. The predicted molar refractivity (Wildman–Crippen MR) is 130 cm³/mol. The number of aromatic hydroxyl groups is 1. The lowest BCUT2D eigenvalue weighted by Gasteiger charge is -2.67. The Hall–Kier alpha value is -1.15. The van der Waals surface area contributed by atoms with Crippen LogP contribution in [0.3, 0.4) is 0 Å². The quantitative estimate of drug-likeness (QED) is 0.712. The fourth-order valence-corrected chi connectivity index (χ4v) is 10.3. The van der Waals surface area contributed by atoms with Crippen molar-refractivity contribution in [2.45, 2.75) is 68.8 Å². The van der Waals surface area contributed by atoms with E-state index in [4.69, 9.17) is 0 Å². The monoisotopic (exact) mass is 473 g/mol. The molecule has 5 aliphatic rings. The highest BCUT2D eigenvalue weighted by Crippen LogP contribution is 2.72. The second kappa shape index (κ2) is 7.19. The molecule has 7 heteroatoms. The average molecular weight is 474 g/mol. The van der Waals surface area contributed by atoms with Gasteiger partial charge in [0, 0.05) is 43.2 Å². The normalized spacial score (nSPS) is 40.5. The van der Waals surface area contributed by atoms with Crippen LogP contribution in [0.1, 0.15) is 44.7 Å². The van der Waals surface area contributed by atoms with Crippen molar-refractivity contribution < 1.29 is 13.5 Å². The standard InChI is InChI=1S/C26H39N3O3S/c1-15(2)33(31,32)29-10-8-16(9-11-29)14-27(4)25-24-21-22-19(23(21)28(24)5)12-17-6-7-18(30)13-20(17)26(22,25)3/h6-7,13,15-16,19,21-25,30H,8-12,14H2,1-5H3. The van der Waals surface area contributed by atoms with Gasteiger partial charge in [0.2, 0.25) is 10.0 Å². The van der Waals surface area contributed by atoms with Gasteiger partial charge in [0.1, 0.15) is 5.75 Å². The minimum Gasteiger partial charge on any atom is -0.508 e. The highest BCUT2D eigenvalue weighted by Gasteiger charge is 2.79. The molecule has 3 aliphatic carbocycles. The van der Waals surface area contributed by atoms with Crippen LogP contribution in [0.15, 0.2) is 18.2 Å². The van der Waals surface area contributed by atoms with Gasteiger partial charge in [-0.15, -0.1) is 0 Å². The lowest BCUT2D eigenvalue weighted by Crippen LogP contribution is -2.75. The average Bonchev–Trinajstić information content (AvgIpc) is 2.94. The Kier molecular flexibility index (Phi) is 4.86. The SMILES string of the molecule is CC(C)S(=O)(=O)N1CCC(CN(C)C2C3C4C(C5Cc6ccc(O)cc6C2(C)C54)N3C)CC1. The molecule has 2 saturated heterocycles. The molecule has 6 rings (SSSR count). The van der Waals surface area contributed by atoms with Crippen LogP contribution in [-0.4, -0.2) is 84.7 Å². The second-order valence-electron chi connectivity index (χ2n) is 12.1. The number of fused-ring (bicyclic) bond motifs is 3. The number of benzene rings is 1. The van der Waals surface area contributed by atoms with Crippen LogP contribution in [0.5, 0.6) is 5.75 Å². The molecule has 182 valence electrons. The van der Waals surface area contributed by atoms with Crippen molar-refractivity contribution in [1.82, 2.24) is 14.1 Å². The smallest absolute Gasteiger partial charge is 0.216 e. The number of likely N-dealkylation sites (tertiary alicyclic amines) is 1. The zero-order chi connectivity index (χ0) is 23.4. The molecule has 1 N–H and O–H groups in total. The van der Waals surface area contributed by atoms with Crippen molar-refractivity contribution in [3.8, 4) is 5.75 Å². The molecular weight excluding hydrogens is 434 g/mol. The number of phenolic OH excluding ortho intramolecular Hbond substituents is 1. The molecule has 4 fully saturated rings. The first-order valence-electron chi connectivity index (χ1n) is 12.8. The Morgan fingerprint density at radius 3 is 2.58 bits per heavy atom. The Morgan fingerprint density at radius 2 is 1.91 bits per heavy atom. The van der Waals surface area contributed by atoms with E-state index >= 15 is 0 Å². The summed E-state index contributed by atoms with van der Waals surface area (Å²) in [7, 11) is 1.47. The Labute approximate surface area is 199 Å². The highest BCUT2D eigenvalue weighted by atomic mass is 32.2. The van der Waals surface area contributed by atoms with Gasteiger partial charge in [-0.25, -0.2) is 12.7 Å². The predicted octanol–water partition coefficient (Wildman–Crippen LogP) is 2.52. The molecule has 7 atom stereocenters. The van der Waals surface area contributed by atoms with Gasteiger partial charge in [-0.1, -0.05) is 13.0 Å². The molecule has 1 aromatic rings. The molecular formula is C26H39N3O3S. The van der Waals surface area contributed by atoms with Crippen molar-refractivity contribution >= 4 is 10.0 Å². The van der Waals surface area contributed by atoms with E-state index in [1.807, 2.05) is 6.07 Å². The maximum atomic E-state index is 12.6. The van der Waals surface area contributed by atoms with Crippen molar-refractivity contribution in [1.29, 1.82) is 0 Å². The molecule has 0 spiro atoms. The van der Waals surface area contributed by atoms with Crippen LogP contribution in [-0.2, 0) is 21.9 Å². The number of likely N-dealkylation sites (N-methyl/N-ethyl adjacent to an activating group) is 2. The zero-order valence-electron chi connectivity index (χ0n) is 20.6. The van der Waals surface area contributed by atoms with E-state index in [0.29, 0.717) is 42.8 Å². The number of sulfonamides is 1. The van der Waals surface area contributed by atoms with Crippen LogP contribution in [0.2, 0.25) is 0 Å². The summed E-state index contributed by atoms with van der Waals surface area (Å²) < 4.78 is 26.9. The molecule has 6 nitrogen and oxygen atoms in total. The molecule has 0 amide bonds. The molecule has 7 unspecified atom stereocenters. The van der Waals surface area contributed by atoms with E-state index < -0.39 is 10.0 Å². The fraction of sp³-hybridized carbons (Fsp3) is 0.769. The van der Waals surface area contributed by atoms with Crippen LogP contribution < -0.4 is 0 Å². The number of rotatable bonds is 5. The van der Waals surface area contributed by atoms with Gasteiger partial charge in [0.05, 0.1) is 5.25 Å². The Balaban J connectivity index is 1.25. The summed E-state index contributed by atoms with van der Waals surface area (Å²) in [6, 6.07) is 7.82.